The van der Waals surface area contributed by atoms with E-state index in [0.29, 0.717) is 6.54 Å². The molecule has 100 valence electrons. The maximum Gasteiger partial charge on any atom is 0.266 e. The molecule has 0 saturated heterocycles. The number of benzene rings is 1. The zero-order chi connectivity index (χ0) is 13.8. The van der Waals surface area contributed by atoms with Gasteiger partial charge in [0.25, 0.3) is 5.56 Å². The highest BCUT2D eigenvalue weighted by atomic mass is 16.1. The van der Waals surface area contributed by atoms with E-state index < -0.39 is 0 Å². The summed E-state index contributed by atoms with van der Waals surface area (Å²) in [5, 5.41) is 7.36. The first-order valence-electron chi connectivity index (χ1n) is 6.38. The fraction of sp³-hybridized carbons (Fsp3) is 0.333. The van der Waals surface area contributed by atoms with Crippen molar-refractivity contribution in [3.8, 4) is 0 Å². The molecule has 4 heteroatoms. The van der Waals surface area contributed by atoms with E-state index in [0.717, 1.165) is 0 Å². The van der Waals surface area contributed by atoms with Crippen LogP contribution < -0.4 is 10.9 Å². The van der Waals surface area contributed by atoms with Gasteiger partial charge in [-0.3, -0.25) is 4.79 Å². The minimum Gasteiger partial charge on any atom is -0.311 e. The molecule has 0 aliphatic heterocycles. The van der Waals surface area contributed by atoms with Crippen LogP contribution in [0.25, 0.3) is 0 Å². The number of hydrogen-bond donors (Lipinski definition) is 1. The van der Waals surface area contributed by atoms with Crippen LogP contribution in [0, 0.1) is 13.8 Å². The summed E-state index contributed by atoms with van der Waals surface area (Å²) >= 11 is 0. The highest BCUT2D eigenvalue weighted by Crippen LogP contribution is 2.19. The summed E-state index contributed by atoms with van der Waals surface area (Å²) < 4.78 is 1.49. The van der Waals surface area contributed by atoms with Crippen LogP contribution >= 0.6 is 0 Å². The molecule has 1 heterocycles. The molecule has 2 rings (SSSR count). The zero-order valence-corrected chi connectivity index (χ0v) is 11.6. The monoisotopic (exact) mass is 257 g/mol. The standard InChI is InChI=1S/C15H19N3O/c1-11-6-7-13(12(2)9-11)14(16-3)10-18-15(19)5-4-8-17-18/h4-9,14,16H,10H2,1-3H3. The smallest absolute Gasteiger partial charge is 0.266 e. The summed E-state index contributed by atoms with van der Waals surface area (Å²) in [6.45, 7) is 4.70. The van der Waals surface area contributed by atoms with Crippen molar-refractivity contribution in [2.75, 3.05) is 7.05 Å². The number of hydrogen-bond acceptors (Lipinski definition) is 3. The van der Waals surface area contributed by atoms with E-state index in [9.17, 15) is 4.79 Å². The molecule has 1 N–H and O–H groups in total. The molecule has 0 bridgehead atoms. The SMILES string of the molecule is CNC(Cn1ncccc1=O)c1ccc(C)cc1C. The summed E-state index contributed by atoms with van der Waals surface area (Å²) in [4.78, 5) is 11.7. The number of rotatable bonds is 4. The molecule has 0 fully saturated rings. The molecule has 1 aromatic carbocycles. The minimum atomic E-state index is -0.0764. The molecule has 1 unspecified atom stereocenters. The van der Waals surface area contributed by atoms with Gasteiger partial charge in [-0.2, -0.15) is 5.10 Å². The molecule has 0 saturated carbocycles. The van der Waals surface area contributed by atoms with Gasteiger partial charge < -0.3 is 5.32 Å². The van der Waals surface area contributed by atoms with Crippen molar-refractivity contribution in [1.82, 2.24) is 15.1 Å². The van der Waals surface area contributed by atoms with Gasteiger partial charge in [-0.05, 0) is 38.1 Å². The van der Waals surface area contributed by atoms with Crippen molar-refractivity contribution in [3.63, 3.8) is 0 Å². The lowest BCUT2D eigenvalue weighted by Crippen LogP contribution is -2.30. The van der Waals surface area contributed by atoms with Gasteiger partial charge in [0, 0.05) is 12.3 Å². The Kier molecular flexibility index (Phi) is 4.12. The quantitative estimate of drug-likeness (QED) is 0.909. The number of aryl methyl sites for hydroxylation is 2. The van der Waals surface area contributed by atoms with Crippen molar-refractivity contribution >= 4 is 0 Å². The lowest BCUT2D eigenvalue weighted by molar-refractivity contribution is 0.450. The van der Waals surface area contributed by atoms with E-state index in [1.807, 2.05) is 7.05 Å². The van der Waals surface area contributed by atoms with Crippen molar-refractivity contribution < 1.29 is 0 Å². The molecule has 1 atom stereocenters. The van der Waals surface area contributed by atoms with Gasteiger partial charge in [0.2, 0.25) is 0 Å². The highest BCUT2D eigenvalue weighted by Gasteiger charge is 2.13. The van der Waals surface area contributed by atoms with E-state index in [1.165, 1.54) is 27.4 Å². The van der Waals surface area contributed by atoms with Crippen LogP contribution in [0.5, 0.6) is 0 Å². The van der Waals surface area contributed by atoms with E-state index in [1.54, 1.807) is 12.3 Å². The van der Waals surface area contributed by atoms with Crippen molar-refractivity contribution in [3.05, 3.63) is 63.6 Å². The van der Waals surface area contributed by atoms with Crippen LogP contribution in [0.15, 0.2) is 41.3 Å². The van der Waals surface area contributed by atoms with Gasteiger partial charge in [-0.1, -0.05) is 23.8 Å². The van der Waals surface area contributed by atoms with E-state index in [2.05, 4.69) is 42.5 Å². The number of likely N-dealkylation sites (N-methyl/N-ethyl adjacent to an activating group) is 1. The number of nitrogens with zero attached hydrogens (tertiary/aromatic N) is 2. The Morgan fingerprint density at radius 1 is 1.32 bits per heavy atom. The van der Waals surface area contributed by atoms with Crippen LogP contribution in [-0.4, -0.2) is 16.8 Å². The normalized spacial score (nSPS) is 12.4. The Labute approximate surface area is 113 Å². The average molecular weight is 257 g/mol. The maximum atomic E-state index is 11.7. The molecule has 19 heavy (non-hydrogen) atoms. The van der Waals surface area contributed by atoms with Gasteiger partial charge in [0.15, 0.2) is 0 Å². The van der Waals surface area contributed by atoms with E-state index in [4.69, 9.17) is 0 Å². The topological polar surface area (TPSA) is 46.9 Å². The number of aromatic nitrogens is 2. The van der Waals surface area contributed by atoms with Crippen LogP contribution in [0.4, 0.5) is 0 Å². The Morgan fingerprint density at radius 3 is 2.74 bits per heavy atom. The molecular formula is C15H19N3O. The maximum absolute atomic E-state index is 11.7. The fourth-order valence-corrected chi connectivity index (χ4v) is 2.26. The third-order valence-electron chi connectivity index (χ3n) is 3.29. The zero-order valence-electron chi connectivity index (χ0n) is 11.6. The second kappa shape index (κ2) is 5.80. The predicted molar refractivity (Wildman–Crippen MR) is 76.2 cm³/mol. The van der Waals surface area contributed by atoms with Gasteiger partial charge in [0.1, 0.15) is 0 Å². The molecular weight excluding hydrogens is 238 g/mol. The second-order valence-corrected chi connectivity index (χ2v) is 4.75. The first-order chi connectivity index (χ1) is 9.11. The van der Waals surface area contributed by atoms with Crippen molar-refractivity contribution in [1.29, 1.82) is 0 Å². The lowest BCUT2D eigenvalue weighted by atomic mass is 9.99. The third kappa shape index (κ3) is 3.09. The van der Waals surface area contributed by atoms with Crippen molar-refractivity contribution in [2.45, 2.75) is 26.4 Å². The molecule has 0 radical (unpaired) electrons. The summed E-state index contributed by atoms with van der Waals surface area (Å²) in [5.41, 5.74) is 3.59. The van der Waals surface area contributed by atoms with Crippen LogP contribution in [0.3, 0.4) is 0 Å². The largest absolute Gasteiger partial charge is 0.311 e. The Bertz CT molecular complexity index is 619. The summed E-state index contributed by atoms with van der Waals surface area (Å²) in [6.07, 6.45) is 1.64. The highest BCUT2D eigenvalue weighted by molar-refractivity contribution is 5.32. The van der Waals surface area contributed by atoms with Crippen LogP contribution in [-0.2, 0) is 6.54 Å². The van der Waals surface area contributed by atoms with Gasteiger partial charge in [0.05, 0.1) is 12.6 Å². The summed E-state index contributed by atoms with van der Waals surface area (Å²) in [6, 6.07) is 9.62. The Morgan fingerprint density at radius 2 is 2.11 bits per heavy atom. The second-order valence-electron chi connectivity index (χ2n) is 4.75. The lowest BCUT2D eigenvalue weighted by Gasteiger charge is -2.19. The fourth-order valence-electron chi connectivity index (χ4n) is 2.26. The van der Waals surface area contributed by atoms with Gasteiger partial charge >= 0.3 is 0 Å². The predicted octanol–water partition coefficient (Wildman–Crippen LogP) is 1.82. The molecule has 2 aromatic rings. The summed E-state index contributed by atoms with van der Waals surface area (Å²) in [7, 11) is 1.90. The van der Waals surface area contributed by atoms with Crippen molar-refractivity contribution in [2.24, 2.45) is 0 Å². The molecule has 0 amide bonds. The first kappa shape index (κ1) is 13.5. The molecule has 0 aliphatic rings. The molecule has 0 aliphatic carbocycles. The number of nitrogens with one attached hydrogen (secondary N) is 1. The van der Waals surface area contributed by atoms with Gasteiger partial charge in [-0.15, -0.1) is 0 Å². The van der Waals surface area contributed by atoms with Crippen LogP contribution in [0.2, 0.25) is 0 Å². The van der Waals surface area contributed by atoms with E-state index in [-0.39, 0.29) is 11.6 Å². The average Bonchev–Trinajstić information content (AvgIpc) is 2.39. The third-order valence-corrected chi connectivity index (χ3v) is 3.29. The van der Waals surface area contributed by atoms with Crippen LogP contribution in [0.1, 0.15) is 22.7 Å². The van der Waals surface area contributed by atoms with Gasteiger partial charge in [-0.25, -0.2) is 4.68 Å². The molecule has 0 spiro atoms. The molecule has 4 nitrogen and oxygen atoms in total. The van der Waals surface area contributed by atoms with E-state index >= 15 is 0 Å². The summed E-state index contributed by atoms with van der Waals surface area (Å²) in [5.74, 6) is 0. The first-order valence-corrected chi connectivity index (χ1v) is 6.38. The molecule has 1 aromatic heterocycles. The minimum absolute atomic E-state index is 0.0764. The Balaban J connectivity index is 2.30. The Hall–Kier alpha value is -1.94.